The lowest BCUT2D eigenvalue weighted by Crippen LogP contribution is -2.42. The third-order valence-corrected chi connectivity index (χ3v) is 5.65. The molecule has 3 aliphatic rings. The first kappa shape index (κ1) is 14.8. The number of benzene rings is 1. The minimum atomic E-state index is -0.345. The number of nitrogens with zero attached hydrogens (tertiary/aromatic N) is 1. The zero-order valence-electron chi connectivity index (χ0n) is 13.4. The number of ether oxygens (including phenoxy) is 2. The fourth-order valence-corrected chi connectivity index (χ4v) is 4.44. The molecule has 1 aromatic carbocycles. The largest absolute Gasteiger partial charge is 0.497 e. The molecule has 23 heavy (non-hydrogen) atoms. The van der Waals surface area contributed by atoms with Crippen LogP contribution in [0.4, 0.5) is 0 Å². The van der Waals surface area contributed by atoms with Crippen LogP contribution in [0.2, 0.25) is 0 Å². The number of hydrogen-bond acceptors (Lipinski definition) is 4. The maximum Gasteiger partial charge on any atom is 0.223 e. The number of aliphatic hydroxyl groups excluding tert-OH is 1. The molecule has 124 valence electrons. The van der Waals surface area contributed by atoms with Gasteiger partial charge in [-0.15, -0.1) is 0 Å². The Kier molecular flexibility index (Phi) is 3.68. The Hall–Kier alpha value is -1.75. The van der Waals surface area contributed by atoms with Crippen molar-refractivity contribution in [2.24, 2.45) is 5.92 Å². The van der Waals surface area contributed by atoms with Crippen LogP contribution in [-0.4, -0.2) is 48.3 Å². The van der Waals surface area contributed by atoms with Crippen molar-refractivity contribution in [3.05, 3.63) is 23.8 Å². The number of likely N-dealkylation sites (tertiary alicyclic amines) is 1. The number of carbonyl (C=O) groups excluding carboxylic acids is 1. The molecule has 1 aromatic rings. The van der Waals surface area contributed by atoms with E-state index in [1.807, 2.05) is 23.1 Å². The molecule has 0 radical (unpaired) electrons. The van der Waals surface area contributed by atoms with Gasteiger partial charge in [0.2, 0.25) is 5.91 Å². The molecule has 1 saturated carbocycles. The van der Waals surface area contributed by atoms with Gasteiger partial charge in [-0.05, 0) is 31.2 Å². The number of amides is 1. The highest BCUT2D eigenvalue weighted by Crippen LogP contribution is 2.41. The van der Waals surface area contributed by atoms with Crippen molar-refractivity contribution in [1.82, 2.24) is 4.90 Å². The Morgan fingerprint density at radius 2 is 2.26 bits per heavy atom. The first-order chi connectivity index (χ1) is 11.2. The highest BCUT2D eigenvalue weighted by Gasteiger charge is 2.45. The summed E-state index contributed by atoms with van der Waals surface area (Å²) in [4.78, 5) is 14.7. The lowest BCUT2D eigenvalue weighted by molar-refractivity contribution is -0.134. The van der Waals surface area contributed by atoms with Crippen LogP contribution in [0.3, 0.4) is 0 Å². The van der Waals surface area contributed by atoms with Gasteiger partial charge in [-0.1, -0.05) is 6.07 Å². The zero-order chi connectivity index (χ0) is 16.0. The van der Waals surface area contributed by atoms with Gasteiger partial charge >= 0.3 is 0 Å². The number of fused-ring (bicyclic) bond motifs is 2. The van der Waals surface area contributed by atoms with E-state index >= 15 is 0 Å². The Morgan fingerprint density at radius 3 is 3.09 bits per heavy atom. The summed E-state index contributed by atoms with van der Waals surface area (Å²) in [7, 11) is 1.63. The molecule has 5 heteroatoms. The lowest BCUT2D eigenvalue weighted by atomic mass is 9.96. The molecule has 0 bridgehead atoms. The molecule has 0 spiro atoms. The molecular weight excluding hydrogens is 294 g/mol. The van der Waals surface area contributed by atoms with Crippen molar-refractivity contribution < 1.29 is 19.4 Å². The predicted octanol–water partition coefficient (Wildman–Crippen LogP) is 1.93. The summed E-state index contributed by atoms with van der Waals surface area (Å²) < 4.78 is 10.9. The molecule has 2 aliphatic heterocycles. The van der Waals surface area contributed by atoms with E-state index in [4.69, 9.17) is 9.47 Å². The normalized spacial score (nSPS) is 31.7. The second-order valence-electron chi connectivity index (χ2n) is 6.89. The third kappa shape index (κ3) is 2.47. The molecule has 1 N–H and O–H groups in total. The van der Waals surface area contributed by atoms with Gasteiger partial charge in [-0.3, -0.25) is 4.79 Å². The highest BCUT2D eigenvalue weighted by atomic mass is 16.5. The molecule has 1 saturated heterocycles. The monoisotopic (exact) mass is 317 g/mol. The fraction of sp³-hybridized carbons (Fsp3) is 0.611. The van der Waals surface area contributed by atoms with Crippen LogP contribution >= 0.6 is 0 Å². The van der Waals surface area contributed by atoms with Gasteiger partial charge in [0.1, 0.15) is 11.5 Å². The molecule has 5 nitrogen and oxygen atoms in total. The van der Waals surface area contributed by atoms with Gasteiger partial charge in [-0.2, -0.15) is 0 Å². The third-order valence-electron chi connectivity index (χ3n) is 5.65. The second-order valence-corrected chi connectivity index (χ2v) is 6.89. The number of carbonyl (C=O) groups is 1. The minimum Gasteiger partial charge on any atom is -0.497 e. The van der Waals surface area contributed by atoms with Gasteiger partial charge in [0.25, 0.3) is 0 Å². The van der Waals surface area contributed by atoms with Crippen molar-refractivity contribution in [2.45, 2.75) is 43.7 Å². The van der Waals surface area contributed by atoms with E-state index in [9.17, 15) is 9.90 Å². The average molecular weight is 317 g/mol. The molecular formula is C18H23NO4. The van der Waals surface area contributed by atoms with Gasteiger partial charge in [0.15, 0.2) is 0 Å². The van der Waals surface area contributed by atoms with Crippen LogP contribution in [0.25, 0.3) is 0 Å². The summed E-state index contributed by atoms with van der Waals surface area (Å²) >= 11 is 0. The fourth-order valence-electron chi connectivity index (χ4n) is 4.44. The molecule has 2 fully saturated rings. The molecule has 1 unspecified atom stereocenters. The van der Waals surface area contributed by atoms with Gasteiger partial charge in [0.05, 0.1) is 25.9 Å². The van der Waals surface area contributed by atoms with E-state index in [1.165, 1.54) is 0 Å². The molecule has 2 heterocycles. The summed E-state index contributed by atoms with van der Waals surface area (Å²) in [5.74, 6) is 2.33. The average Bonchev–Trinajstić information content (AvgIpc) is 3.24. The maximum atomic E-state index is 12.8. The van der Waals surface area contributed by atoms with Gasteiger partial charge in [-0.25, -0.2) is 0 Å². The van der Waals surface area contributed by atoms with E-state index in [1.54, 1.807) is 7.11 Å². The van der Waals surface area contributed by atoms with E-state index in [2.05, 4.69) is 0 Å². The summed E-state index contributed by atoms with van der Waals surface area (Å²) in [6, 6.07) is 5.83. The Morgan fingerprint density at radius 1 is 1.39 bits per heavy atom. The van der Waals surface area contributed by atoms with Crippen LogP contribution in [0.5, 0.6) is 11.5 Å². The van der Waals surface area contributed by atoms with Crippen LogP contribution in [0.1, 0.15) is 37.2 Å². The van der Waals surface area contributed by atoms with E-state index in [0.717, 1.165) is 42.9 Å². The van der Waals surface area contributed by atoms with E-state index < -0.39 is 0 Å². The highest BCUT2D eigenvalue weighted by molar-refractivity contribution is 5.78. The maximum absolute atomic E-state index is 12.8. The summed E-state index contributed by atoms with van der Waals surface area (Å²) in [6.45, 7) is 1.33. The smallest absolute Gasteiger partial charge is 0.223 e. The van der Waals surface area contributed by atoms with E-state index in [0.29, 0.717) is 18.9 Å². The molecule has 0 aromatic heterocycles. The molecule has 4 rings (SSSR count). The Labute approximate surface area is 136 Å². The Bertz CT molecular complexity index is 617. The van der Waals surface area contributed by atoms with Gasteiger partial charge < -0.3 is 19.5 Å². The SMILES string of the molecule is COc1ccc2c(c1)OCC2CC(=O)N1CC[C@@H]2CC[C@@H](O)[C@@H]21. The first-order valence-electron chi connectivity index (χ1n) is 8.45. The Balaban J connectivity index is 1.47. The van der Waals surface area contributed by atoms with E-state index in [-0.39, 0.29) is 24.0 Å². The lowest BCUT2D eigenvalue weighted by Gasteiger charge is -2.27. The summed E-state index contributed by atoms with van der Waals surface area (Å²) in [5, 5.41) is 10.2. The van der Waals surface area contributed by atoms with Crippen molar-refractivity contribution in [2.75, 3.05) is 20.3 Å². The standard InChI is InChI=1S/C18H23NO4/c1-22-13-3-4-14-12(10-23-16(14)9-13)8-17(21)19-7-6-11-2-5-15(20)18(11)19/h3-4,9,11-12,15,18,20H,2,5-8,10H2,1H3/t11-,12?,15+,18+/m0/s1. The number of hydrogen-bond donors (Lipinski definition) is 1. The zero-order valence-corrected chi connectivity index (χ0v) is 13.4. The quantitative estimate of drug-likeness (QED) is 0.925. The van der Waals surface area contributed by atoms with Crippen molar-refractivity contribution in [3.63, 3.8) is 0 Å². The topological polar surface area (TPSA) is 59.0 Å². The van der Waals surface area contributed by atoms with Crippen LogP contribution in [-0.2, 0) is 4.79 Å². The summed E-state index contributed by atoms with van der Waals surface area (Å²) in [6.07, 6.45) is 3.01. The van der Waals surface area contributed by atoms with Crippen molar-refractivity contribution >= 4 is 5.91 Å². The number of methoxy groups -OCH3 is 1. The molecule has 4 atom stereocenters. The van der Waals surface area contributed by atoms with Crippen LogP contribution in [0.15, 0.2) is 18.2 Å². The van der Waals surface area contributed by atoms with Crippen LogP contribution in [0, 0.1) is 5.92 Å². The van der Waals surface area contributed by atoms with Crippen LogP contribution < -0.4 is 9.47 Å². The summed E-state index contributed by atoms with van der Waals surface area (Å²) in [5.41, 5.74) is 1.09. The number of rotatable bonds is 3. The second kappa shape index (κ2) is 5.71. The minimum absolute atomic E-state index is 0.0418. The van der Waals surface area contributed by atoms with Crippen molar-refractivity contribution in [3.8, 4) is 11.5 Å². The molecule has 1 amide bonds. The predicted molar refractivity (Wildman–Crippen MR) is 84.7 cm³/mol. The van der Waals surface area contributed by atoms with Crippen molar-refractivity contribution in [1.29, 1.82) is 0 Å². The molecule has 1 aliphatic carbocycles. The number of aliphatic hydroxyl groups is 1. The van der Waals surface area contributed by atoms with Gasteiger partial charge in [0, 0.05) is 30.5 Å². The first-order valence-corrected chi connectivity index (χ1v) is 8.45.